The van der Waals surface area contributed by atoms with E-state index < -0.39 is 15.9 Å². The van der Waals surface area contributed by atoms with Crippen molar-refractivity contribution in [2.75, 3.05) is 11.5 Å². The van der Waals surface area contributed by atoms with Crippen molar-refractivity contribution < 1.29 is 13.5 Å². The first-order valence-electron chi connectivity index (χ1n) is 5.74. The van der Waals surface area contributed by atoms with Gasteiger partial charge in [-0.1, -0.05) is 13.0 Å². The molecule has 96 valence electrons. The van der Waals surface area contributed by atoms with Gasteiger partial charge in [0.15, 0.2) is 0 Å². The Morgan fingerprint density at radius 3 is 2.71 bits per heavy atom. The molecule has 0 saturated carbocycles. The van der Waals surface area contributed by atoms with E-state index in [1.807, 2.05) is 13.0 Å². The molecule has 0 aliphatic rings. The Balaban J connectivity index is 2.48. The van der Waals surface area contributed by atoms with Crippen LogP contribution in [0.1, 0.15) is 37.0 Å². The molecule has 0 aromatic carbocycles. The zero-order valence-electron chi connectivity index (χ0n) is 10.3. The molecule has 5 heteroatoms. The lowest BCUT2D eigenvalue weighted by Crippen LogP contribution is -2.10. The number of rotatable bonds is 6. The van der Waals surface area contributed by atoms with Crippen LogP contribution >= 0.6 is 0 Å². The van der Waals surface area contributed by atoms with Gasteiger partial charge in [0.2, 0.25) is 0 Å². The third kappa shape index (κ3) is 4.83. The van der Waals surface area contributed by atoms with Crippen LogP contribution in [0.5, 0.6) is 0 Å². The first-order valence-corrected chi connectivity index (χ1v) is 7.57. The maximum atomic E-state index is 11.3. The van der Waals surface area contributed by atoms with Crippen molar-refractivity contribution in [2.45, 2.75) is 32.8 Å². The molecule has 0 aliphatic heterocycles. The highest BCUT2D eigenvalue weighted by molar-refractivity contribution is 7.91. The van der Waals surface area contributed by atoms with Crippen molar-refractivity contribution in [1.82, 2.24) is 4.98 Å². The van der Waals surface area contributed by atoms with Crippen molar-refractivity contribution in [2.24, 2.45) is 0 Å². The van der Waals surface area contributed by atoms with Crippen molar-refractivity contribution in [3.8, 4) is 0 Å². The Hall–Kier alpha value is -0.940. The van der Waals surface area contributed by atoms with Crippen LogP contribution in [0, 0.1) is 6.92 Å². The summed E-state index contributed by atoms with van der Waals surface area (Å²) in [4.78, 5) is 4.00. The Morgan fingerprint density at radius 2 is 2.12 bits per heavy atom. The average Bonchev–Trinajstić information content (AvgIpc) is 2.28. The van der Waals surface area contributed by atoms with Crippen LogP contribution in [0.15, 0.2) is 18.5 Å². The van der Waals surface area contributed by atoms with Crippen molar-refractivity contribution in [3.63, 3.8) is 0 Å². The number of pyridine rings is 1. The van der Waals surface area contributed by atoms with Gasteiger partial charge >= 0.3 is 0 Å². The zero-order valence-corrected chi connectivity index (χ0v) is 11.1. The number of aromatic nitrogens is 1. The van der Waals surface area contributed by atoms with E-state index in [-0.39, 0.29) is 11.5 Å². The summed E-state index contributed by atoms with van der Waals surface area (Å²) in [5.41, 5.74) is 1.74. The van der Waals surface area contributed by atoms with E-state index in [0.717, 1.165) is 11.1 Å². The van der Waals surface area contributed by atoms with Crippen LogP contribution in [-0.4, -0.2) is 30.0 Å². The molecule has 1 N–H and O–H groups in total. The van der Waals surface area contributed by atoms with Crippen molar-refractivity contribution >= 4 is 9.84 Å². The van der Waals surface area contributed by atoms with Gasteiger partial charge in [-0.2, -0.15) is 0 Å². The lowest BCUT2D eigenvalue weighted by atomic mass is 10.1. The summed E-state index contributed by atoms with van der Waals surface area (Å²) in [5, 5.41) is 9.88. The van der Waals surface area contributed by atoms with Gasteiger partial charge in [0.05, 0.1) is 11.9 Å². The summed E-state index contributed by atoms with van der Waals surface area (Å²) in [5.74, 6) is 0.300. The van der Waals surface area contributed by atoms with E-state index in [2.05, 4.69) is 4.98 Å². The summed E-state index contributed by atoms with van der Waals surface area (Å²) in [6.45, 7) is 3.54. The predicted molar refractivity (Wildman–Crippen MR) is 67.5 cm³/mol. The van der Waals surface area contributed by atoms with Gasteiger partial charge in [0, 0.05) is 18.1 Å². The summed E-state index contributed by atoms with van der Waals surface area (Å²) >= 11 is 0. The minimum atomic E-state index is -2.93. The molecule has 0 spiro atoms. The van der Waals surface area contributed by atoms with Crippen LogP contribution in [0.2, 0.25) is 0 Å². The minimum Gasteiger partial charge on any atom is -0.388 e. The second kappa shape index (κ2) is 6.12. The van der Waals surface area contributed by atoms with Gasteiger partial charge < -0.3 is 5.11 Å². The Labute approximate surface area is 103 Å². The highest BCUT2D eigenvalue weighted by Gasteiger charge is 2.11. The average molecular weight is 257 g/mol. The van der Waals surface area contributed by atoms with Gasteiger partial charge in [-0.25, -0.2) is 8.42 Å². The van der Waals surface area contributed by atoms with Crippen molar-refractivity contribution in [1.29, 1.82) is 0 Å². The smallest absolute Gasteiger partial charge is 0.150 e. The van der Waals surface area contributed by atoms with Crippen LogP contribution < -0.4 is 0 Å². The molecule has 4 nitrogen and oxygen atoms in total. The van der Waals surface area contributed by atoms with E-state index in [0.29, 0.717) is 12.8 Å². The Morgan fingerprint density at radius 1 is 1.41 bits per heavy atom. The molecule has 1 aromatic heterocycles. The molecular formula is C12H19NO3S. The van der Waals surface area contributed by atoms with Crippen LogP contribution in [0.3, 0.4) is 0 Å². The fraction of sp³-hybridized carbons (Fsp3) is 0.583. The molecule has 1 aromatic rings. The van der Waals surface area contributed by atoms with E-state index in [1.54, 1.807) is 19.3 Å². The van der Waals surface area contributed by atoms with Gasteiger partial charge in [0.25, 0.3) is 0 Å². The Bertz CT molecular complexity index is 457. The standard InChI is InChI=1S/C12H19NO3S/c1-3-17(15,16)6-4-5-12(14)11-7-10(2)8-13-9-11/h7-9,12,14H,3-6H2,1-2H3. The fourth-order valence-electron chi connectivity index (χ4n) is 1.57. The lowest BCUT2D eigenvalue weighted by molar-refractivity contribution is 0.166. The van der Waals surface area contributed by atoms with E-state index in [1.165, 1.54) is 0 Å². The molecule has 1 unspecified atom stereocenters. The zero-order chi connectivity index (χ0) is 12.9. The number of aliphatic hydroxyl groups excluding tert-OH is 1. The molecule has 1 rings (SSSR count). The second-order valence-corrected chi connectivity index (χ2v) is 6.66. The maximum Gasteiger partial charge on any atom is 0.150 e. The molecule has 0 aliphatic carbocycles. The first kappa shape index (κ1) is 14.1. The summed E-state index contributed by atoms with van der Waals surface area (Å²) < 4.78 is 22.6. The minimum absolute atomic E-state index is 0.139. The highest BCUT2D eigenvalue weighted by Crippen LogP contribution is 2.18. The number of aryl methyl sites for hydroxylation is 1. The number of nitrogens with zero attached hydrogens (tertiary/aromatic N) is 1. The van der Waals surface area contributed by atoms with Gasteiger partial charge in [-0.3, -0.25) is 4.98 Å². The number of aliphatic hydroxyl groups is 1. The summed E-state index contributed by atoms with van der Waals surface area (Å²) in [6, 6.07) is 1.87. The molecule has 1 heterocycles. The fourth-order valence-corrected chi connectivity index (χ4v) is 2.46. The molecule has 0 saturated heterocycles. The molecule has 0 bridgehead atoms. The predicted octanol–water partition coefficient (Wildman–Crippen LogP) is 1.64. The third-order valence-corrected chi connectivity index (χ3v) is 4.44. The third-order valence-electron chi connectivity index (χ3n) is 2.65. The normalized spacial score (nSPS) is 13.6. The largest absolute Gasteiger partial charge is 0.388 e. The van der Waals surface area contributed by atoms with Gasteiger partial charge in [0.1, 0.15) is 9.84 Å². The Kier molecular flexibility index (Phi) is 5.08. The van der Waals surface area contributed by atoms with E-state index >= 15 is 0 Å². The topological polar surface area (TPSA) is 67.3 Å². The van der Waals surface area contributed by atoms with Crippen LogP contribution in [-0.2, 0) is 9.84 Å². The lowest BCUT2D eigenvalue weighted by Gasteiger charge is -2.10. The molecule has 1 atom stereocenters. The second-order valence-electron chi connectivity index (χ2n) is 4.19. The molecule has 17 heavy (non-hydrogen) atoms. The van der Waals surface area contributed by atoms with Crippen LogP contribution in [0.4, 0.5) is 0 Å². The first-order chi connectivity index (χ1) is 7.94. The van der Waals surface area contributed by atoms with E-state index in [4.69, 9.17) is 0 Å². The molecule has 0 radical (unpaired) electrons. The number of hydrogen-bond acceptors (Lipinski definition) is 4. The highest BCUT2D eigenvalue weighted by atomic mass is 32.2. The SMILES string of the molecule is CCS(=O)(=O)CCCC(O)c1cncc(C)c1. The molecule has 0 fully saturated rings. The van der Waals surface area contributed by atoms with Gasteiger partial charge in [-0.05, 0) is 30.9 Å². The maximum absolute atomic E-state index is 11.3. The molecular weight excluding hydrogens is 238 g/mol. The molecule has 0 amide bonds. The summed E-state index contributed by atoms with van der Waals surface area (Å²) in [6.07, 6.45) is 3.63. The number of sulfone groups is 1. The summed E-state index contributed by atoms with van der Waals surface area (Å²) in [7, 11) is -2.93. The van der Waals surface area contributed by atoms with Gasteiger partial charge in [-0.15, -0.1) is 0 Å². The van der Waals surface area contributed by atoms with Crippen LogP contribution in [0.25, 0.3) is 0 Å². The van der Waals surface area contributed by atoms with E-state index in [9.17, 15) is 13.5 Å². The number of hydrogen-bond donors (Lipinski definition) is 1. The monoisotopic (exact) mass is 257 g/mol. The van der Waals surface area contributed by atoms with Crippen molar-refractivity contribution in [3.05, 3.63) is 29.6 Å². The quantitative estimate of drug-likeness (QED) is 0.841.